The molecule has 2 atom stereocenters. The number of carbonyl (C=O) groups is 1. The van der Waals surface area contributed by atoms with Gasteiger partial charge >= 0.3 is 6.03 Å². The SMILES string of the molecule is O=C(N[C@H]1CCc2ccccc2C1)N1CC[C@H](N2CCCC2)C1. The van der Waals surface area contributed by atoms with Crippen LogP contribution in [0.15, 0.2) is 24.3 Å². The number of likely N-dealkylation sites (tertiary alicyclic amines) is 2. The molecule has 1 N–H and O–H groups in total. The molecule has 2 amide bonds. The fraction of sp³-hybridized carbons (Fsp3) is 0.632. The molecule has 0 radical (unpaired) electrons. The number of carbonyl (C=O) groups excluding carboxylic acids is 1. The number of hydrogen-bond acceptors (Lipinski definition) is 2. The van der Waals surface area contributed by atoms with Gasteiger partial charge < -0.3 is 10.2 Å². The minimum Gasteiger partial charge on any atom is -0.335 e. The molecular formula is C19H27N3O. The fourth-order valence-electron chi connectivity index (χ4n) is 4.42. The predicted molar refractivity (Wildman–Crippen MR) is 91.6 cm³/mol. The number of fused-ring (bicyclic) bond motifs is 1. The predicted octanol–water partition coefficient (Wildman–Crippen LogP) is 2.42. The standard InChI is InChI=1S/C19H27N3O/c23-19(22-12-9-18(14-22)21-10-3-4-11-21)20-17-8-7-15-5-1-2-6-16(15)13-17/h1-2,5-6,17-18H,3-4,7-14H2,(H,20,23)/t17-,18-/m0/s1. The molecule has 2 aliphatic heterocycles. The summed E-state index contributed by atoms with van der Waals surface area (Å²) in [6.07, 6.45) is 6.91. The van der Waals surface area contributed by atoms with Crippen molar-refractivity contribution in [3.05, 3.63) is 35.4 Å². The summed E-state index contributed by atoms with van der Waals surface area (Å²) < 4.78 is 0. The topological polar surface area (TPSA) is 35.6 Å². The second kappa shape index (κ2) is 6.52. The number of urea groups is 1. The van der Waals surface area contributed by atoms with Crippen LogP contribution in [0.25, 0.3) is 0 Å². The lowest BCUT2D eigenvalue weighted by atomic mass is 9.88. The molecule has 23 heavy (non-hydrogen) atoms. The number of nitrogens with zero attached hydrogens (tertiary/aromatic N) is 2. The first-order chi connectivity index (χ1) is 11.3. The molecule has 0 saturated carbocycles. The van der Waals surface area contributed by atoms with E-state index in [1.807, 2.05) is 4.90 Å². The highest BCUT2D eigenvalue weighted by Gasteiger charge is 2.32. The van der Waals surface area contributed by atoms with E-state index in [1.54, 1.807) is 0 Å². The second-order valence-electron chi connectivity index (χ2n) is 7.29. The molecule has 1 aromatic carbocycles. The largest absolute Gasteiger partial charge is 0.335 e. The maximum absolute atomic E-state index is 12.6. The highest BCUT2D eigenvalue weighted by molar-refractivity contribution is 5.75. The molecule has 2 fully saturated rings. The third kappa shape index (κ3) is 3.23. The summed E-state index contributed by atoms with van der Waals surface area (Å²) in [5.74, 6) is 0. The van der Waals surface area contributed by atoms with Crippen LogP contribution < -0.4 is 5.32 Å². The average Bonchev–Trinajstić information content (AvgIpc) is 3.26. The van der Waals surface area contributed by atoms with Crippen LogP contribution in [0.3, 0.4) is 0 Å². The molecule has 2 heterocycles. The van der Waals surface area contributed by atoms with Crippen molar-refractivity contribution in [2.45, 2.75) is 50.6 Å². The van der Waals surface area contributed by atoms with Crippen molar-refractivity contribution in [1.29, 1.82) is 0 Å². The van der Waals surface area contributed by atoms with E-state index in [0.717, 1.165) is 38.8 Å². The van der Waals surface area contributed by atoms with Crippen LogP contribution in [0.5, 0.6) is 0 Å². The van der Waals surface area contributed by atoms with Crippen molar-refractivity contribution in [3.8, 4) is 0 Å². The van der Waals surface area contributed by atoms with Gasteiger partial charge in [0.05, 0.1) is 0 Å². The Morgan fingerprint density at radius 3 is 2.65 bits per heavy atom. The molecule has 3 aliphatic rings. The molecule has 1 aromatic rings. The Balaban J connectivity index is 1.31. The monoisotopic (exact) mass is 313 g/mol. The molecule has 0 bridgehead atoms. The van der Waals surface area contributed by atoms with Gasteiger partial charge in [0.15, 0.2) is 0 Å². The number of aryl methyl sites for hydroxylation is 1. The average molecular weight is 313 g/mol. The van der Waals surface area contributed by atoms with Crippen molar-refractivity contribution in [2.75, 3.05) is 26.2 Å². The van der Waals surface area contributed by atoms with Crippen LogP contribution >= 0.6 is 0 Å². The normalized spacial score (nSPS) is 27.9. The lowest BCUT2D eigenvalue weighted by Gasteiger charge is -2.28. The van der Waals surface area contributed by atoms with Crippen LogP contribution in [-0.2, 0) is 12.8 Å². The minimum absolute atomic E-state index is 0.149. The van der Waals surface area contributed by atoms with E-state index in [1.165, 1.54) is 37.1 Å². The van der Waals surface area contributed by atoms with Gasteiger partial charge in [0.25, 0.3) is 0 Å². The zero-order valence-corrected chi connectivity index (χ0v) is 13.8. The molecule has 2 saturated heterocycles. The van der Waals surface area contributed by atoms with E-state index in [9.17, 15) is 4.79 Å². The van der Waals surface area contributed by atoms with Crippen molar-refractivity contribution >= 4 is 6.03 Å². The first-order valence-corrected chi connectivity index (χ1v) is 9.16. The van der Waals surface area contributed by atoms with Crippen molar-refractivity contribution in [1.82, 2.24) is 15.1 Å². The highest BCUT2D eigenvalue weighted by Crippen LogP contribution is 2.23. The van der Waals surface area contributed by atoms with Gasteiger partial charge in [-0.25, -0.2) is 4.79 Å². The molecule has 0 unspecified atom stereocenters. The third-order valence-electron chi connectivity index (χ3n) is 5.78. The molecule has 1 aliphatic carbocycles. The Morgan fingerprint density at radius 2 is 1.83 bits per heavy atom. The summed E-state index contributed by atoms with van der Waals surface area (Å²) in [6.45, 7) is 4.27. The molecule has 4 nitrogen and oxygen atoms in total. The van der Waals surface area contributed by atoms with Crippen LogP contribution in [0, 0.1) is 0 Å². The van der Waals surface area contributed by atoms with E-state index in [2.05, 4.69) is 34.5 Å². The number of nitrogens with one attached hydrogen (secondary N) is 1. The molecule has 124 valence electrons. The molecule has 4 heteroatoms. The van der Waals surface area contributed by atoms with Gasteiger partial charge in [-0.2, -0.15) is 0 Å². The minimum atomic E-state index is 0.149. The summed E-state index contributed by atoms with van der Waals surface area (Å²) in [7, 11) is 0. The first kappa shape index (κ1) is 15.0. The molecule has 0 spiro atoms. The van der Waals surface area contributed by atoms with E-state index in [-0.39, 0.29) is 6.03 Å². The highest BCUT2D eigenvalue weighted by atomic mass is 16.2. The van der Waals surface area contributed by atoms with Gasteiger partial charge in [0.2, 0.25) is 0 Å². The number of hydrogen-bond donors (Lipinski definition) is 1. The second-order valence-corrected chi connectivity index (χ2v) is 7.29. The van der Waals surface area contributed by atoms with E-state index < -0.39 is 0 Å². The van der Waals surface area contributed by atoms with Crippen LogP contribution in [-0.4, -0.2) is 54.1 Å². The third-order valence-corrected chi connectivity index (χ3v) is 5.78. The van der Waals surface area contributed by atoms with Crippen LogP contribution in [0.4, 0.5) is 4.79 Å². The zero-order chi connectivity index (χ0) is 15.6. The summed E-state index contributed by atoms with van der Waals surface area (Å²) in [4.78, 5) is 17.2. The Kier molecular flexibility index (Phi) is 4.25. The molecule has 0 aromatic heterocycles. The van der Waals surface area contributed by atoms with E-state index >= 15 is 0 Å². The summed E-state index contributed by atoms with van der Waals surface area (Å²) >= 11 is 0. The molecule has 4 rings (SSSR count). The molecular weight excluding hydrogens is 286 g/mol. The Morgan fingerprint density at radius 1 is 1.04 bits per heavy atom. The number of benzene rings is 1. The Hall–Kier alpha value is -1.55. The first-order valence-electron chi connectivity index (χ1n) is 9.16. The maximum Gasteiger partial charge on any atom is 0.317 e. The summed E-state index contributed by atoms with van der Waals surface area (Å²) in [5.41, 5.74) is 2.86. The van der Waals surface area contributed by atoms with Gasteiger partial charge in [-0.3, -0.25) is 4.90 Å². The Labute approximate surface area is 138 Å². The zero-order valence-electron chi connectivity index (χ0n) is 13.8. The Bertz CT molecular complexity index is 567. The lowest BCUT2D eigenvalue weighted by molar-refractivity contribution is 0.194. The van der Waals surface area contributed by atoms with Gasteiger partial charge in [-0.15, -0.1) is 0 Å². The van der Waals surface area contributed by atoms with Gasteiger partial charge in [-0.1, -0.05) is 24.3 Å². The quantitative estimate of drug-likeness (QED) is 0.910. The van der Waals surface area contributed by atoms with Gasteiger partial charge in [0, 0.05) is 25.2 Å². The number of amides is 2. The number of rotatable bonds is 2. The lowest BCUT2D eigenvalue weighted by Crippen LogP contribution is -2.47. The van der Waals surface area contributed by atoms with Crippen molar-refractivity contribution < 1.29 is 4.79 Å². The van der Waals surface area contributed by atoms with Crippen LogP contribution in [0.1, 0.15) is 36.8 Å². The maximum atomic E-state index is 12.6. The van der Waals surface area contributed by atoms with Crippen LogP contribution in [0.2, 0.25) is 0 Å². The van der Waals surface area contributed by atoms with E-state index in [0.29, 0.717) is 12.1 Å². The fourth-order valence-corrected chi connectivity index (χ4v) is 4.42. The summed E-state index contributed by atoms with van der Waals surface area (Å²) in [6, 6.07) is 9.67. The van der Waals surface area contributed by atoms with Crippen molar-refractivity contribution in [2.24, 2.45) is 0 Å². The smallest absolute Gasteiger partial charge is 0.317 e. The van der Waals surface area contributed by atoms with E-state index in [4.69, 9.17) is 0 Å². The van der Waals surface area contributed by atoms with Crippen molar-refractivity contribution in [3.63, 3.8) is 0 Å². The van der Waals surface area contributed by atoms with Gasteiger partial charge in [-0.05, 0) is 62.7 Å². The summed E-state index contributed by atoms with van der Waals surface area (Å²) in [5, 5.41) is 3.28. The van der Waals surface area contributed by atoms with Gasteiger partial charge in [0.1, 0.15) is 0 Å².